The van der Waals surface area contributed by atoms with Crippen LogP contribution in [0.2, 0.25) is 0 Å². The minimum absolute atomic E-state index is 0.149. The molecule has 1 rings (SSSR count). The van der Waals surface area contributed by atoms with Crippen molar-refractivity contribution in [3.05, 3.63) is 0 Å². The summed E-state index contributed by atoms with van der Waals surface area (Å²) in [5, 5.41) is 0. The van der Waals surface area contributed by atoms with Gasteiger partial charge in [-0.1, -0.05) is 39.5 Å². The lowest BCUT2D eigenvalue weighted by Crippen LogP contribution is -2.39. The second-order valence-electron chi connectivity index (χ2n) is 8.47. The van der Waals surface area contributed by atoms with Gasteiger partial charge in [-0.05, 0) is 46.5 Å². The minimum Gasteiger partial charge on any atom is -0.377 e. The van der Waals surface area contributed by atoms with E-state index in [0.717, 1.165) is 31.7 Å². The van der Waals surface area contributed by atoms with E-state index in [1.54, 1.807) is 0 Å². The van der Waals surface area contributed by atoms with Gasteiger partial charge in [0.15, 0.2) is 0 Å². The number of likely N-dealkylation sites (tertiary alicyclic amines) is 1. The summed E-state index contributed by atoms with van der Waals surface area (Å²) < 4.78 is 11.7. The van der Waals surface area contributed by atoms with Gasteiger partial charge in [-0.3, -0.25) is 4.79 Å². The largest absolute Gasteiger partial charge is 0.377 e. The molecule has 0 unspecified atom stereocenters. The number of rotatable bonds is 12. The summed E-state index contributed by atoms with van der Waals surface area (Å²) in [6.07, 6.45) is 8.08. The van der Waals surface area contributed by atoms with E-state index in [2.05, 4.69) is 27.7 Å². The van der Waals surface area contributed by atoms with E-state index in [4.69, 9.17) is 9.47 Å². The normalized spacial score (nSPS) is 21.1. The van der Waals surface area contributed by atoms with Gasteiger partial charge in [0.1, 0.15) is 0 Å². The fourth-order valence-corrected chi connectivity index (χ4v) is 3.45. The zero-order valence-electron chi connectivity index (χ0n) is 17.4. The van der Waals surface area contributed by atoms with Crippen LogP contribution in [0.25, 0.3) is 0 Å². The summed E-state index contributed by atoms with van der Waals surface area (Å²) in [6.45, 7) is 14.1. The molecule has 25 heavy (non-hydrogen) atoms. The molecule has 0 N–H and O–H groups in total. The zero-order valence-corrected chi connectivity index (χ0v) is 17.4. The number of hydrogen-bond donors (Lipinski definition) is 0. The SMILES string of the molecule is CC(C)CCCCCCC(=O)N1C[C@H](OC(C)C)C[C@H]1COC(C)C. The van der Waals surface area contributed by atoms with Gasteiger partial charge in [-0.15, -0.1) is 0 Å². The number of carbonyl (C=O) groups is 1. The van der Waals surface area contributed by atoms with Gasteiger partial charge in [0.05, 0.1) is 31.0 Å². The Labute approximate surface area is 155 Å². The second kappa shape index (κ2) is 11.9. The molecule has 148 valence electrons. The molecular weight excluding hydrogens is 314 g/mol. The third-order valence-electron chi connectivity index (χ3n) is 4.71. The van der Waals surface area contributed by atoms with E-state index in [1.165, 1.54) is 19.3 Å². The highest BCUT2D eigenvalue weighted by Gasteiger charge is 2.36. The fourth-order valence-electron chi connectivity index (χ4n) is 3.45. The average Bonchev–Trinajstić information content (AvgIpc) is 2.90. The highest BCUT2D eigenvalue weighted by atomic mass is 16.5. The number of amides is 1. The zero-order chi connectivity index (χ0) is 18.8. The van der Waals surface area contributed by atoms with Crippen LogP contribution in [-0.4, -0.2) is 48.3 Å². The molecule has 1 amide bonds. The first-order chi connectivity index (χ1) is 11.8. The van der Waals surface area contributed by atoms with Crippen molar-refractivity contribution < 1.29 is 14.3 Å². The molecule has 1 saturated heterocycles. The Hall–Kier alpha value is -0.610. The first-order valence-corrected chi connectivity index (χ1v) is 10.4. The third kappa shape index (κ3) is 9.60. The van der Waals surface area contributed by atoms with E-state index in [1.807, 2.05) is 18.7 Å². The Morgan fingerprint density at radius 1 is 1.00 bits per heavy atom. The molecule has 0 aromatic rings. The maximum atomic E-state index is 12.7. The van der Waals surface area contributed by atoms with E-state index >= 15 is 0 Å². The van der Waals surface area contributed by atoms with Crippen molar-refractivity contribution in [1.82, 2.24) is 4.90 Å². The Kier molecular flexibility index (Phi) is 10.7. The molecule has 1 aliphatic heterocycles. The molecule has 4 heteroatoms. The topological polar surface area (TPSA) is 38.8 Å². The van der Waals surface area contributed by atoms with Gasteiger partial charge in [-0.2, -0.15) is 0 Å². The van der Waals surface area contributed by atoms with Gasteiger partial charge in [-0.25, -0.2) is 0 Å². The molecule has 0 saturated carbocycles. The Morgan fingerprint density at radius 3 is 2.28 bits per heavy atom. The van der Waals surface area contributed by atoms with Crippen molar-refractivity contribution in [2.75, 3.05) is 13.2 Å². The van der Waals surface area contributed by atoms with Crippen molar-refractivity contribution in [3.63, 3.8) is 0 Å². The first-order valence-electron chi connectivity index (χ1n) is 10.4. The molecule has 1 aliphatic rings. The van der Waals surface area contributed by atoms with E-state index in [9.17, 15) is 4.79 Å². The molecule has 0 spiro atoms. The number of nitrogens with zero attached hydrogens (tertiary/aromatic N) is 1. The summed E-state index contributed by atoms with van der Waals surface area (Å²) >= 11 is 0. The van der Waals surface area contributed by atoms with Gasteiger partial charge < -0.3 is 14.4 Å². The van der Waals surface area contributed by atoms with Crippen molar-refractivity contribution in [1.29, 1.82) is 0 Å². The third-order valence-corrected chi connectivity index (χ3v) is 4.71. The van der Waals surface area contributed by atoms with Crippen LogP contribution in [0.1, 0.15) is 86.5 Å². The number of hydrogen-bond acceptors (Lipinski definition) is 3. The molecule has 4 nitrogen and oxygen atoms in total. The Morgan fingerprint density at radius 2 is 1.68 bits per heavy atom. The van der Waals surface area contributed by atoms with Gasteiger partial charge in [0.25, 0.3) is 0 Å². The Bertz CT molecular complexity index is 368. The fraction of sp³-hybridized carbons (Fsp3) is 0.952. The average molecular weight is 356 g/mol. The Balaban J connectivity index is 2.39. The lowest BCUT2D eigenvalue weighted by molar-refractivity contribution is -0.134. The van der Waals surface area contributed by atoms with Crippen LogP contribution in [0, 0.1) is 5.92 Å². The first kappa shape index (κ1) is 22.4. The molecule has 0 aromatic heterocycles. The van der Waals surface area contributed by atoms with Crippen molar-refractivity contribution in [2.24, 2.45) is 5.92 Å². The molecule has 0 bridgehead atoms. The van der Waals surface area contributed by atoms with E-state index in [-0.39, 0.29) is 30.3 Å². The summed E-state index contributed by atoms with van der Waals surface area (Å²) in [4.78, 5) is 14.7. The lowest BCUT2D eigenvalue weighted by atomic mass is 10.0. The van der Waals surface area contributed by atoms with Crippen LogP contribution in [0.15, 0.2) is 0 Å². The quantitative estimate of drug-likeness (QED) is 0.472. The van der Waals surface area contributed by atoms with E-state index in [0.29, 0.717) is 13.0 Å². The van der Waals surface area contributed by atoms with E-state index < -0.39 is 0 Å². The summed E-state index contributed by atoms with van der Waals surface area (Å²) in [7, 11) is 0. The smallest absolute Gasteiger partial charge is 0.222 e. The second-order valence-corrected chi connectivity index (χ2v) is 8.47. The van der Waals surface area contributed by atoms with Gasteiger partial charge in [0, 0.05) is 13.0 Å². The van der Waals surface area contributed by atoms with Crippen LogP contribution in [0.3, 0.4) is 0 Å². The van der Waals surface area contributed by atoms with Crippen LogP contribution in [0.4, 0.5) is 0 Å². The maximum absolute atomic E-state index is 12.7. The maximum Gasteiger partial charge on any atom is 0.222 e. The highest BCUT2D eigenvalue weighted by molar-refractivity contribution is 5.76. The van der Waals surface area contributed by atoms with Gasteiger partial charge in [0.2, 0.25) is 5.91 Å². The molecule has 1 heterocycles. The molecular formula is C21H41NO3. The van der Waals surface area contributed by atoms with Crippen LogP contribution < -0.4 is 0 Å². The predicted molar refractivity (Wildman–Crippen MR) is 104 cm³/mol. The molecule has 0 aromatic carbocycles. The monoisotopic (exact) mass is 355 g/mol. The molecule has 1 fully saturated rings. The number of unbranched alkanes of at least 4 members (excludes halogenated alkanes) is 3. The number of carbonyl (C=O) groups excluding carboxylic acids is 1. The lowest BCUT2D eigenvalue weighted by Gasteiger charge is -2.25. The molecule has 0 aliphatic carbocycles. The molecule has 0 radical (unpaired) electrons. The number of ether oxygens (including phenoxy) is 2. The predicted octanol–water partition coefficient (Wildman–Crippen LogP) is 4.80. The highest BCUT2D eigenvalue weighted by Crippen LogP contribution is 2.24. The van der Waals surface area contributed by atoms with Crippen molar-refractivity contribution in [3.8, 4) is 0 Å². The van der Waals surface area contributed by atoms with Gasteiger partial charge >= 0.3 is 0 Å². The summed E-state index contributed by atoms with van der Waals surface area (Å²) in [6, 6.07) is 0.166. The molecule has 2 atom stereocenters. The summed E-state index contributed by atoms with van der Waals surface area (Å²) in [5.41, 5.74) is 0. The van der Waals surface area contributed by atoms with Crippen LogP contribution in [0.5, 0.6) is 0 Å². The minimum atomic E-state index is 0.149. The summed E-state index contributed by atoms with van der Waals surface area (Å²) in [5.74, 6) is 1.06. The standard InChI is InChI=1S/C21H41NO3/c1-16(2)11-9-7-8-10-12-21(23)22-14-20(25-18(5)6)13-19(22)15-24-17(3)4/h16-20H,7-15H2,1-6H3/t19-,20+/m0/s1. The van der Waals surface area contributed by atoms with Crippen LogP contribution in [-0.2, 0) is 14.3 Å². The van der Waals surface area contributed by atoms with Crippen molar-refractivity contribution in [2.45, 2.75) is 111 Å². The van der Waals surface area contributed by atoms with Crippen LogP contribution >= 0.6 is 0 Å². The van der Waals surface area contributed by atoms with Crippen molar-refractivity contribution >= 4 is 5.91 Å².